The van der Waals surface area contributed by atoms with E-state index in [0.717, 1.165) is 5.39 Å². The van der Waals surface area contributed by atoms with Gasteiger partial charge in [-0.25, -0.2) is 0 Å². The predicted molar refractivity (Wildman–Crippen MR) is 86.7 cm³/mol. The van der Waals surface area contributed by atoms with Gasteiger partial charge >= 0.3 is 0 Å². The van der Waals surface area contributed by atoms with Crippen LogP contribution in [0.15, 0.2) is 60.7 Å². The van der Waals surface area contributed by atoms with Gasteiger partial charge in [0, 0.05) is 23.1 Å². The maximum atomic E-state index is 12.3. The fourth-order valence-electron chi connectivity index (χ4n) is 2.34. The fourth-order valence-corrected chi connectivity index (χ4v) is 2.34. The van der Waals surface area contributed by atoms with E-state index >= 15 is 0 Å². The molecule has 0 saturated heterocycles. The lowest BCUT2D eigenvalue weighted by molar-refractivity contribution is -0.384. The van der Waals surface area contributed by atoms with E-state index in [4.69, 9.17) is 0 Å². The summed E-state index contributed by atoms with van der Waals surface area (Å²) in [4.78, 5) is 22.6. The van der Waals surface area contributed by atoms with E-state index in [1.54, 1.807) is 18.2 Å². The summed E-state index contributed by atoms with van der Waals surface area (Å²) < 4.78 is 0. The summed E-state index contributed by atoms with van der Waals surface area (Å²) in [5.41, 5.74) is 0.255. The number of nitrogens with one attached hydrogen (secondary N) is 1. The summed E-state index contributed by atoms with van der Waals surface area (Å²) in [5, 5.41) is 25.0. The maximum Gasteiger partial charge on any atom is 0.270 e. The van der Waals surface area contributed by atoms with Crippen LogP contribution in [0.1, 0.15) is 10.4 Å². The molecule has 0 aliphatic heterocycles. The first kappa shape index (κ1) is 14.5. The summed E-state index contributed by atoms with van der Waals surface area (Å²) in [6, 6.07) is 15.9. The maximum absolute atomic E-state index is 12.3. The zero-order valence-corrected chi connectivity index (χ0v) is 11.9. The lowest BCUT2D eigenvalue weighted by Gasteiger charge is -2.11. The minimum absolute atomic E-state index is 0.0671. The topological polar surface area (TPSA) is 92.5 Å². The van der Waals surface area contributed by atoms with E-state index in [1.807, 2.05) is 12.1 Å². The molecule has 0 aliphatic rings. The number of nitro groups is 1. The second-order valence-electron chi connectivity index (χ2n) is 4.94. The number of nitrogens with zero attached hydrogens (tertiary/aromatic N) is 1. The second-order valence-corrected chi connectivity index (χ2v) is 4.94. The number of benzene rings is 3. The molecule has 0 aromatic heterocycles. The molecule has 0 saturated carbocycles. The number of phenols is 1. The zero-order chi connectivity index (χ0) is 16.4. The quantitative estimate of drug-likeness (QED) is 0.438. The van der Waals surface area contributed by atoms with Gasteiger partial charge in [0.2, 0.25) is 0 Å². The predicted octanol–water partition coefficient (Wildman–Crippen LogP) is 3.71. The Hall–Kier alpha value is -3.41. The smallest absolute Gasteiger partial charge is 0.270 e. The molecule has 3 aromatic carbocycles. The number of hydrogen-bond acceptors (Lipinski definition) is 4. The van der Waals surface area contributed by atoms with Crippen LogP contribution < -0.4 is 5.32 Å². The molecule has 23 heavy (non-hydrogen) atoms. The van der Waals surface area contributed by atoms with E-state index in [1.165, 1.54) is 30.3 Å². The van der Waals surface area contributed by atoms with Crippen molar-refractivity contribution in [2.75, 3.05) is 5.32 Å². The van der Waals surface area contributed by atoms with Crippen LogP contribution in [0.4, 0.5) is 11.4 Å². The van der Waals surface area contributed by atoms with Gasteiger partial charge in [0.15, 0.2) is 0 Å². The van der Waals surface area contributed by atoms with Gasteiger partial charge < -0.3 is 10.4 Å². The van der Waals surface area contributed by atoms with Crippen LogP contribution in [0, 0.1) is 10.1 Å². The van der Waals surface area contributed by atoms with E-state index in [9.17, 15) is 20.0 Å². The molecule has 6 heteroatoms. The van der Waals surface area contributed by atoms with Gasteiger partial charge in [-0.15, -0.1) is 0 Å². The van der Waals surface area contributed by atoms with Crippen LogP contribution in [0.3, 0.4) is 0 Å². The van der Waals surface area contributed by atoms with Crippen LogP contribution in [0.2, 0.25) is 0 Å². The number of carbonyl (C=O) groups excluding carboxylic acids is 1. The number of fused-ring (bicyclic) bond motifs is 1. The van der Waals surface area contributed by atoms with Gasteiger partial charge in [-0.1, -0.05) is 36.4 Å². The molecule has 0 aliphatic carbocycles. The molecule has 0 fully saturated rings. The number of hydrogen-bond donors (Lipinski definition) is 2. The molecule has 114 valence electrons. The Labute approximate surface area is 131 Å². The van der Waals surface area contributed by atoms with Gasteiger partial charge in [0.05, 0.1) is 10.6 Å². The Morgan fingerprint density at radius 3 is 2.61 bits per heavy atom. The van der Waals surface area contributed by atoms with Crippen molar-refractivity contribution in [1.82, 2.24) is 0 Å². The van der Waals surface area contributed by atoms with Crippen LogP contribution in [-0.2, 0) is 0 Å². The third kappa shape index (κ3) is 2.82. The first-order valence-corrected chi connectivity index (χ1v) is 6.83. The van der Waals surface area contributed by atoms with Crippen molar-refractivity contribution >= 4 is 28.1 Å². The minimum Gasteiger partial charge on any atom is -0.506 e. The Balaban J connectivity index is 1.99. The van der Waals surface area contributed by atoms with Crippen LogP contribution in [0.5, 0.6) is 5.75 Å². The molecule has 0 bridgehead atoms. The average molecular weight is 308 g/mol. The number of nitro benzene ring substituents is 1. The van der Waals surface area contributed by atoms with E-state index < -0.39 is 10.8 Å². The number of non-ortho nitro benzene ring substituents is 1. The average Bonchev–Trinajstić information content (AvgIpc) is 2.57. The van der Waals surface area contributed by atoms with Crippen molar-refractivity contribution in [1.29, 1.82) is 0 Å². The summed E-state index contributed by atoms with van der Waals surface area (Å²) in [7, 11) is 0. The molecular formula is C17H12N2O4. The Kier molecular flexibility index (Phi) is 3.64. The molecule has 0 radical (unpaired) electrons. The van der Waals surface area contributed by atoms with Gasteiger partial charge in [-0.3, -0.25) is 14.9 Å². The molecule has 3 aromatic rings. The van der Waals surface area contributed by atoms with Crippen molar-refractivity contribution in [2.24, 2.45) is 0 Å². The molecule has 0 spiro atoms. The normalized spacial score (nSPS) is 10.4. The summed E-state index contributed by atoms with van der Waals surface area (Å²) >= 11 is 0. The molecule has 0 heterocycles. The zero-order valence-electron chi connectivity index (χ0n) is 11.9. The number of rotatable bonds is 3. The summed E-state index contributed by atoms with van der Waals surface area (Å²) in [5.74, 6) is -0.595. The second kappa shape index (κ2) is 5.76. The highest BCUT2D eigenvalue weighted by atomic mass is 16.6. The lowest BCUT2D eigenvalue weighted by Crippen LogP contribution is -2.12. The standard InChI is InChI=1S/C17H12N2O4/c20-15-9-8-11-4-1-2-7-14(11)16(15)18-17(21)12-5-3-6-13(10-12)19(22)23/h1-10,20H,(H,18,21). The van der Waals surface area contributed by atoms with Crippen molar-refractivity contribution in [3.05, 3.63) is 76.3 Å². The van der Waals surface area contributed by atoms with E-state index in [-0.39, 0.29) is 22.7 Å². The highest BCUT2D eigenvalue weighted by molar-refractivity contribution is 6.10. The van der Waals surface area contributed by atoms with Gasteiger partial charge in [-0.05, 0) is 17.5 Å². The third-order valence-corrected chi connectivity index (χ3v) is 3.46. The summed E-state index contributed by atoms with van der Waals surface area (Å²) in [6.07, 6.45) is 0. The fraction of sp³-hybridized carbons (Fsp3) is 0. The highest BCUT2D eigenvalue weighted by Gasteiger charge is 2.14. The molecule has 0 unspecified atom stereocenters. The third-order valence-electron chi connectivity index (χ3n) is 3.46. The summed E-state index contributed by atoms with van der Waals surface area (Å²) in [6.45, 7) is 0. The number of phenolic OH excluding ortho intramolecular Hbond substituents is 1. The lowest BCUT2D eigenvalue weighted by atomic mass is 10.1. The van der Waals surface area contributed by atoms with Gasteiger partial charge in [0.25, 0.3) is 11.6 Å². The van der Waals surface area contributed by atoms with Crippen molar-refractivity contribution < 1.29 is 14.8 Å². The largest absolute Gasteiger partial charge is 0.506 e. The molecular weight excluding hydrogens is 296 g/mol. The minimum atomic E-state index is -0.563. The molecule has 0 atom stereocenters. The molecule has 3 rings (SSSR count). The monoisotopic (exact) mass is 308 g/mol. The number of aromatic hydroxyl groups is 1. The Bertz CT molecular complexity index is 921. The van der Waals surface area contributed by atoms with Crippen LogP contribution >= 0.6 is 0 Å². The highest BCUT2D eigenvalue weighted by Crippen LogP contribution is 2.32. The first-order chi connectivity index (χ1) is 11.1. The molecule has 1 amide bonds. The molecule has 6 nitrogen and oxygen atoms in total. The van der Waals surface area contributed by atoms with Gasteiger partial charge in [-0.2, -0.15) is 0 Å². The SMILES string of the molecule is O=C(Nc1c(O)ccc2ccccc12)c1cccc([N+](=O)[O-])c1. The number of carbonyl (C=O) groups is 1. The Morgan fingerprint density at radius 1 is 1.04 bits per heavy atom. The van der Waals surface area contributed by atoms with Crippen molar-refractivity contribution in [2.45, 2.75) is 0 Å². The first-order valence-electron chi connectivity index (χ1n) is 6.83. The van der Waals surface area contributed by atoms with E-state index in [0.29, 0.717) is 5.39 Å². The van der Waals surface area contributed by atoms with Crippen LogP contribution in [0.25, 0.3) is 10.8 Å². The number of anilines is 1. The van der Waals surface area contributed by atoms with E-state index in [2.05, 4.69) is 5.32 Å². The number of amides is 1. The van der Waals surface area contributed by atoms with Crippen molar-refractivity contribution in [3.8, 4) is 5.75 Å². The molecule has 2 N–H and O–H groups in total. The van der Waals surface area contributed by atoms with Crippen LogP contribution in [-0.4, -0.2) is 15.9 Å². The van der Waals surface area contributed by atoms with Gasteiger partial charge in [0.1, 0.15) is 5.75 Å². The Morgan fingerprint density at radius 2 is 1.83 bits per heavy atom. The van der Waals surface area contributed by atoms with Crippen molar-refractivity contribution in [3.63, 3.8) is 0 Å².